The van der Waals surface area contributed by atoms with E-state index < -0.39 is 21.3 Å². The van der Waals surface area contributed by atoms with Gasteiger partial charge >= 0.3 is 10.1 Å². The van der Waals surface area contributed by atoms with E-state index in [0.717, 1.165) is 16.3 Å². The Morgan fingerprint density at radius 2 is 1.50 bits per heavy atom. The fourth-order valence-electron chi connectivity index (χ4n) is 4.59. The molecule has 0 atom stereocenters. The van der Waals surface area contributed by atoms with Gasteiger partial charge in [-0.3, -0.25) is 9.08 Å². The van der Waals surface area contributed by atoms with Gasteiger partial charge in [-0.1, -0.05) is 110 Å². The SMILES string of the molecule is CC(C)c1cc(C(C)C)c(S(=O)(=O)O/N=C(\C(=O)C(C)(C)C)c2nc3ccc4ccccc4c3o2)c(C(C)C)c1. The number of fused-ring (bicyclic) bond motifs is 3. The Morgan fingerprint density at radius 1 is 0.900 bits per heavy atom. The van der Waals surface area contributed by atoms with Gasteiger partial charge in [-0.2, -0.15) is 8.42 Å². The Bertz CT molecular complexity index is 1690. The first-order valence-corrected chi connectivity index (χ1v) is 15.1. The molecule has 7 nitrogen and oxygen atoms in total. The minimum Gasteiger partial charge on any atom is -0.434 e. The normalized spacial score (nSPS) is 13.2. The van der Waals surface area contributed by atoms with Crippen LogP contribution in [0.25, 0.3) is 21.9 Å². The molecule has 212 valence electrons. The van der Waals surface area contributed by atoms with Gasteiger partial charge in [0.05, 0.1) is 0 Å². The average molecular weight is 563 g/mol. The number of ketones is 1. The van der Waals surface area contributed by atoms with E-state index in [9.17, 15) is 13.2 Å². The Kier molecular flexibility index (Phi) is 7.96. The number of benzene rings is 3. The number of hydrogen-bond donors (Lipinski definition) is 0. The lowest BCUT2D eigenvalue weighted by Crippen LogP contribution is -2.30. The summed E-state index contributed by atoms with van der Waals surface area (Å²) in [5.74, 6) is -0.507. The van der Waals surface area contributed by atoms with Crippen LogP contribution in [-0.4, -0.2) is 24.9 Å². The van der Waals surface area contributed by atoms with Gasteiger partial charge in [0.1, 0.15) is 10.4 Å². The molecular weight excluding hydrogens is 524 g/mol. The zero-order valence-corrected chi connectivity index (χ0v) is 25.5. The second kappa shape index (κ2) is 10.8. The van der Waals surface area contributed by atoms with Crippen molar-refractivity contribution in [3.8, 4) is 0 Å². The van der Waals surface area contributed by atoms with Crippen molar-refractivity contribution < 1.29 is 21.9 Å². The fourth-order valence-corrected chi connectivity index (χ4v) is 6.01. The molecule has 1 aromatic heterocycles. The van der Waals surface area contributed by atoms with Crippen LogP contribution in [0.1, 0.15) is 103 Å². The monoisotopic (exact) mass is 562 g/mol. The van der Waals surface area contributed by atoms with Crippen molar-refractivity contribution in [2.24, 2.45) is 10.6 Å². The standard InChI is InChI=1S/C32H38N2O5S/c1-18(2)22-16-24(19(3)4)29(25(17-22)20(5)6)40(36,37)39-34-27(30(35)32(7,8)9)31-33-26-15-14-21-12-10-11-13-23(21)28(26)38-31/h10-20H,1-9H3/b34-27+. The van der Waals surface area contributed by atoms with E-state index in [-0.39, 0.29) is 34.3 Å². The van der Waals surface area contributed by atoms with Crippen molar-refractivity contribution in [2.75, 3.05) is 0 Å². The quantitative estimate of drug-likeness (QED) is 0.159. The fraction of sp³-hybridized carbons (Fsp3) is 0.406. The van der Waals surface area contributed by atoms with Crippen molar-refractivity contribution in [3.63, 3.8) is 0 Å². The first-order chi connectivity index (χ1) is 18.6. The van der Waals surface area contributed by atoms with Gasteiger partial charge in [-0.15, -0.1) is 0 Å². The molecule has 0 aliphatic rings. The highest BCUT2D eigenvalue weighted by Gasteiger charge is 2.34. The minimum absolute atomic E-state index is 0.0884. The van der Waals surface area contributed by atoms with Crippen molar-refractivity contribution in [1.82, 2.24) is 4.98 Å². The number of aromatic nitrogens is 1. The second-order valence-corrected chi connectivity index (χ2v) is 13.7. The lowest BCUT2D eigenvalue weighted by Gasteiger charge is -2.21. The largest absolute Gasteiger partial charge is 0.434 e. The Labute approximate surface area is 236 Å². The highest BCUT2D eigenvalue weighted by atomic mass is 32.2. The summed E-state index contributed by atoms with van der Waals surface area (Å²) in [5.41, 5.74) is 2.19. The number of oxazole rings is 1. The topological polar surface area (TPSA) is 98.8 Å². The number of carbonyl (C=O) groups excluding carboxylic acids is 1. The molecule has 1 heterocycles. The molecule has 0 fully saturated rings. The van der Waals surface area contributed by atoms with Crippen LogP contribution in [0.5, 0.6) is 0 Å². The lowest BCUT2D eigenvalue weighted by atomic mass is 9.88. The van der Waals surface area contributed by atoms with Crippen molar-refractivity contribution in [3.05, 3.63) is 71.1 Å². The average Bonchev–Trinajstić information content (AvgIpc) is 3.31. The van der Waals surface area contributed by atoms with E-state index in [1.807, 2.05) is 70.2 Å². The van der Waals surface area contributed by atoms with Gasteiger partial charge in [0.25, 0.3) is 5.89 Å². The smallest absolute Gasteiger partial charge is 0.359 e. The summed E-state index contributed by atoms with van der Waals surface area (Å²) in [6.07, 6.45) is 0. The van der Waals surface area contributed by atoms with Gasteiger partial charge in [-0.25, -0.2) is 4.98 Å². The van der Waals surface area contributed by atoms with Crippen LogP contribution in [0.4, 0.5) is 0 Å². The summed E-state index contributed by atoms with van der Waals surface area (Å²) in [4.78, 5) is 18.1. The third-order valence-corrected chi connectivity index (χ3v) is 8.18. The molecule has 3 aromatic carbocycles. The minimum atomic E-state index is -4.41. The molecule has 0 amide bonds. The summed E-state index contributed by atoms with van der Waals surface area (Å²) in [6.45, 7) is 17.1. The van der Waals surface area contributed by atoms with Crippen molar-refractivity contribution in [1.29, 1.82) is 0 Å². The van der Waals surface area contributed by atoms with E-state index in [0.29, 0.717) is 22.2 Å². The van der Waals surface area contributed by atoms with E-state index in [4.69, 9.17) is 8.70 Å². The Balaban J connectivity index is 1.89. The summed E-state index contributed by atoms with van der Waals surface area (Å²) >= 11 is 0. The van der Waals surface area contributed by atoms with Crippen LogP contribution in [-0.2, 0) is 19.2 Å². The van der Waals surface area contributed by atoms with Crippen LogP contribution in [0, 0.1) is 5.41 Å². The van der Waals surface area contributed by atoms with Crippen LogP contribution >= 0.6 is 0 Å². The first-order valence-electron chi connectivity index (χ1n) is 13.6. The zero-order valence-electron chi connectivity index (χ0n) is 24.7. The summed E-state index contributed by atoms with van der Waals surface area (Å²) in [5, 5.41) is 5.74. The lowest BCUT2D eigenvalue weighted by molar-refractivity contribution is -0.119. The van der Waals surface area contributed by atoms with E-state index in [1.165, 1.54) is 0 Å². The molecule has 0 aliphatic heterocycles. The van der Waals surface area contributed by atoms with Crippen LogP contribution in [0.15, 0.2) is 63.0 Å². The molecule has 0 N–H and O–H groups in total. The summed E-state index contributed by atoms with van der Waals surface area (Å²) in [7, 11) is -4.41. The number of Topliss-reactive ketones (excluding diaryl/α,β-unsaturated/α-hetero) is 1. The molecule has 0 saturated carbocycles. The molecule has 40 heavy (non-hydrogen) atoms. The highest BCUT2D eigenvalue weighted by Crippen LogP contribution is 2.36. The molecule has 4 rings (SSSR count). The molecule has 0 radical (unpaired) electrons. The number of oxime groups is 1. The molecule has 0 saturated heterocycles. The highest BCUT2D eigenvalue weighted by molar-refractivity contribution is 7.86. The van der Waals surface area contributed by atoms with Gasteiger partial charge in [0.15, 0.2) is 11.4 Å². The summed E-state index contributed by atoms with van der Waals surface area (Å²) < 4.78 is 39.1. The molecule has 0 bridgehead atoms. The Morgan fingerprint density at radius 3 is 2.05 bits per heavy atom. The second-order valence-electron chi connectivity index (χ2n) is 12.2. The third kappa shape index (κ3) is 5.68. The maximum atomic E-state index is 13.8. The number of rotatable bonds is 8. The van der Waals surface area contributed by atoms with Crippen LogP contribution < -0.4 is 0 Å². The van der Waals surface area contributed by atoms with Gasteiger partial charge < -0.3 is 4.42 Å². The number of carbonyl (C=O) groups is 1. The van der Waals surface area contributed by atoms with E-state index in [2.05, 4.69) is 24.0 Å². The first kappa shape index (κ1) is 29.5. The van der Waals surface area contributed by atoms with Crippen molar-refractivity contribution in [2.45, 2.75) is 85.0 Å². The Hall–Kier alpha value is -3.52. The molecule has 0 unspecified atom stereocenters. The third-order valence-electron chi connectivity index (χ3n) is 6.93. The molecule has 0 spiro atoms. The van der Waals surface area contributed by atoms with Gasteiger partial charge in [0, 0.05) is 10.8 Å². The van der Waals surface area contributed by atoms with Crippen LogP contribution in [0.2, 0.25) is 0 Å². The number of hydrogen-bond acceptors (Lipinski definition) is 7. The summed E-state index contributed by atoms with van der Waals surface area (Å²) in [6, 6.07) is 15.2. The van der Waals surface area contributed by atoms with Gasteiger partial charge in [0.2, 0.25) is 5.71 Å². The van der Waals surface area contributed by atoms with Crippen molar-refractivity contribution >= 4 is 43.5 Å². The van der Waals surface area contributed by atoms with E-state index >= 15 is 0 Å². The molecule has 8 heteroatoms. The number of nitrogens with zero attached hydrogens (tertiary/aromatic N) is 2. The van der Waals surface area contributed by atoms with Crippen LogP contribution in [0.3, 0.4) is 0 Å². The molecule has 0 aliphatic carbocycles. The molecular formula is C32H38N2O5S. The predicted octanol–water partition coefficient (Wildman–Crippen LogP) is 8.08. The van der Waals surface area contributed by atoms with Gasteiger partial charge in [-0.05, 0) is 45.9 Å². The molecule has 4 aromatic rings. The van der Waals surface area contributed by atoms with E-state index in [1.54, 1.807) is 26.8 Å². The maximum absolute atomic E-state index is 13.8. The zero-order chi connectivity index (χ0) is 29.6. The predicted molar refractivity (Wildman–Crippen MR) is 159 cm³/mol. The maximum Gasteiger partial charge on any atom is 0.359 e.